The van der Waals surface area contributed by atoms with E-state index in [1.54, 1.807) is 36.4 Å². The molecule has 2 rings (SSSR count). The third-order valence-corrected chi connectivity index (χ3v) is 4.94. The third kappa shape index (κ3) is 4.11. The van der Waals surface area contributed by atoms with E-state index in [2.05, 4.69) is 0 Å². The normalized spacial score (nSPS) is 13.3. The molecule has 26 heavy (non-hydrogen) atoms. The van der Waals surface area contributed by atoms with Crippen molar-refractivity contribution in [1.29, 1.82) is 0 Å². The van der Waals surface area contributed by atoms with Gasteiger partial charge in [-0.05, 0) is 26.0 Å². The number of hydrogen-bond donors (Lipinski definition) is 0. The van der Waals surface area contributed by atoms with E-state index in [1.165, 1.54) is 26.0 Å². The molecule has 0 aliphatic rings. The van der Waals surface area contributed by atoms with Crippen LogP contribution < -0.4 is 0 Å². The average molecular weight is 394 g/mol. The molecule has 2 atom stereocenters. The van der Waals surface area contributed by atoms with Crippen LogP contribution in [0.2, 0.25) is 10.0 Å². The van der Waals surface area contributed by atoms with Crippen molar-refractivity contribution < 1.29 is 14.5 Å². The monoisotopic (exact) mass is 393 g/mol. The summed E-state index contributed by atoms with van der Waals surface area (Å²) in [6.45, 7) is 2.48. The number of nitrogens with zero attached hydrogens (tertiary/aromatic N) is 1. The van der Waals surface area contributed by atoms with Gasteiger partial charge in [0.05, 0.1) is 11.8 Å². The van der Waals surface area contributed by atoms with Gasteiger partial charge in [0.1, 0.15) is 11.6 Å². The smallest absolute Gasteiger partial charge is 0.246 e. The van der Waals surface area contributed by atoms with Gasteiger partial charge in [0.25, 0.3) is 0 Å². The summed E-state index contributed by atoms with van der Waals surface area (Å²) in [6, 6.07) is 11.5. The minimum Gasteiger partial charge on any atom is -0.299 e. The molecular formula is C19H17Cl2NO4. The van der Waals surface area contributed by atoms with E-state index in [0.717, 1.165) is 0 Å². The Labute approximate surface area is 161 Å². The summed E-state index contributed by atoms with van der Waals surface area (Å²) < 4.78 is 0. The van der Waals surface area contributed by atoms with E-state index in [4.69, 9.17) is 23.2 Å². The van der Waals surface area contributed by atoms with Crippen molar-refractivity contribution in [2.75, 3.05) is 0 Å². The van der Waals surface area contributed by atoms with Crippen LogP contribution in [0.1, 0.15) is 36.9 Å². The zero-order valence-electron chi connectivity index (χ0n) is 14.2. The lowest BCUT2D eigenvalue weighted by atomic mass is 9.74. The predicted octanol–water partition coefficient (Wildman–Crippen LogP) is 4.89. The highest BCUT2D eigenvalue weighted by atomic mass is 35.5. The van der Waals surface area contributed by atoms with Gasteiger partial charge >= 0.3 is 0 Å². The Hall–Kier alpha value is -2.24. The van der Waals surface area contributed by atoms with Crippen LogP contribution in [-0.4, -0.2) is 16.5 Å². The number of Topliss-reactive ketones (excluding diaryl/α,β-unsaturated/α-hetero) is 2. The van der Waals surface area contributed by atoms with Gasteiger partial charge in [0.15, 0.2) is 0 Å². The molecule has 0 amide bonds. The number of hydrogen-bond acceptors (Lipinski definition) is 4. The minimum absolute atomic E-state index is 0.179. The quantitative estimate of drug-likeness (QED) is 0.381. The van der Waals surface area contributed by atoms with Gasteiger partial charge in [-0.15, -0.1) is 0 Å². The molecule has 0 heterocycles. The van der Waals surface area contributed by atoms with Crippen LogP contribution in [0.3, 0.4) is 0 Å². The van der Waals surface area contributed by atoms with Gasteiger partial charge in [0.2, 0.25) is 6.04 Å². The summed E-state index contributed by atoms with van der Waals surface area (Å²) in [7, 11) is 0. The molecule has 0 aliphatic carbocycles. The molecule has 0 aromatic heterocycles. The highest BCUT2D eigenvalue weighted by Crippen LogP contribution is 2.45. The highest BCUT2D eigenvalue weighted by molar-refractivity contribution is 6.36. The number of ketones is 2. The van der Waals surface area contributed by atoms with Crippen molar-refractivity contribution in [3.8, 4) is 0 Å². The Morgan fingerprint density at radius 1 is 0.923 bits per heavy atom. The molecular weight excluding hydrogens is 377 g/mol. The zero-order chi connectivity index (χ0) is 19.4. The van der Waals surface area contributed by atoms with Crippen LogP contribution in [0.15, 0.2) is 48.5 Å². The average Bonchev–Trinajstić information content (AvgIpc) is 2.54. The maximum Gasteiger partial charge on any atom is 0.246 e. The van der Waals surface area contributed by atoms with Gasteiger partial charge in [0, 0.05) is 26.1 Å². The van der Waals surface area contributed by atoms with Crippen molar-refractivity contribution in [3.63, 3.8) is 0 Å². The Morgan fingerprint density at radius 2 is 1.42 bits per heavy atom. The number of benzene rings is 2. The molecule has 0 fully saturated rings. The van der Waals surface area contributed by atoms with E-state index in [0.29, 0.717) is 5.56 Å². The van der Waals surface area contributed by atoms with Gasteiger partial charge in [-0.2, -0.15) is 0 Å². The molecule has 136 valence electrons. The van der Waals surface area contributed by atoms with E-state index in [-0.39, 0.29) is 15.6 Å². The maximum atomic E-state index is 12.3. The number of halogens is 2. The Balaban J connectivity index is 2.80. The SMILES string of the molecule is CC(=O)C(C(C)=O)C(c1c(Cl)cccc1Cl)C(c1ccccc1)[N+](=O)[O-]. The van der Waals surface area contributed by atoms with E-state index >= 15 is 0 Å². The fraction of sp³-hybridized carbons (Fsp3) is 0.263. The molecule has 0 bridgehead atoms. The van der Waals surface area contributed by atoms with Crippen LogP contribution >= 0.6 is 23.2 Å². The first-order chi connectivity index (χ1) is 12.3. The lowest BCUT2D eigenvalue weighted by Crippen LogP contribution is -2.34. The first kappa shape index (κ1) is 20.1. The molecule has 7 heteroatoms. The zero-order valence-corrected chi connectivity index (χ0v) is 15.7. The third-order valence-electron chi connectivity index (χ3n) is 4.28. The van der Waals surface area contributed by atoms with E-state index in [9.17, 15) is 19.7 Å². The van der Waals surface area contributed by atoms with Crippen LogP contribution in [0.4, 0.5) is 0 Å². The molecule has 0 saturated carbocycles. The first-order valence-electron chi connectivity index (χ1n) is 7.89. The van der Waals surface area contributed by atoms with Crippen LogP contribution in [-0.2, 0) is 9.59 Å². The standard InChI is InChI=1S/C19H17Cl2NO4/c1-11(23)16(12(2)24)18(17-14(20)9-6-10-15(17)21)19(22(25)26)13-7-4-3-5-8-13/h3-10,16,18-19H,1-2H3. The summed E-state index contributed by atoms with van der Waals surface area (Å²) in [5.41, 5.74) is 0.600. The van der Waals surface area contributed by atoms with Crippen molar-refractivity contribution >= 4 is 34.8 Å². The fourth-order valence-electron chi connectivity index (χ4n) is 3.24. The Morgan fingerprint density at radius 3 is 1.85 bits per heavy atom. The van der Waals surface area contributed by atoms with Gasteiger partial charge in [-0.3, -0.25) is 19.7 Å². The van der Waals surface area contributed by atoms with Gasteiger partial charge in [-0.25, -0.2) is 0 Å². The van der Waals surface area contributed by atoms with Crippen LogP contribution in [0.25, 0.3) is 0 Å². The molecule has 0 radical (unpaired) electrons. The molecule has 2 aromatic rings. The van der Waals surface area contributed by atoms with Gasteiger partial charge in [-0.1, -0.05) is 59.6 Å². The summed E-state index contributed by atoms with van der Waals surface area (Å²) in [4.78, 5) is 36.0. The van der Waals surface area contributed by atoms with Crippen molar-refractivity contribution in [1.82, 2.24) is 0 Å². The van der Waals surface area contributed by atoms with Crippen molar-refractivity contribution in [3.05, 3.63) is 79.8 Å². The molecule has 0 saturated heterocycles. The highest BCUT2D eigenvalue weighted by Gasteiger charge is 2.45. The Bertz CT molecular complexity index is 804. The number of nitro groups is 1. The molecule has 0 spiro atoms. The summed E-state index contributed by atoms with van der Waals surface area (Å²) in [6.07, 6.45) is 0. The predicted molar refractivity (Wildman–Crippen MR) is 100 cm³/mol. The number of rotatable bonds is 7. The van der Waals surface area contributed by atoms with E-state index < -0.39 is 34.4 Å². The largest absolute Gasteiger partial charge is 0.299 e. The molecule has 2 aromatic carbocycles. The van der Waals surface area contributed by atoms with E-state index in [1.807, 2.05) is 0 Å². The lowest BCUT2D eigenvalue weighted by molar-refractivity contribution is -0.534. The lowest BCUT2D eigenvalue weighted by Gasteiger charge is -2.28. The fourth-order valence-corrected chi connectivity index (χ4v) is 3.89. The number of carbonyl (C=O) groups excluding carboxylic acids is 2. The first-order valence-corrected chi connectivity index (χ1v) is 8.64. The summed E-state index contributed by atoms with van der Waals surface area (Å²) >= 11 is 12.6. The van der Waals surface area contributed by atoms with Crippen molar-refractivity contribution in [2.24, 2.45) is 5.92 Å². The summed E-state index contributed by atoms with van der Waals surface area (Å²) in [5, 5.41) is 12.3. The Kier molecular flexibility index (Phi) is 6.51. The van der Waals surface area contributed by atoms with Crippen LogP contribution in [0, 0.1) is 16.0 Å². The molecule has 0 N–H and O–H groups in total. The van der Waals surface area contributed by atoms with Crippen molar-refractivity contribution in [2.45, 2.75) is 25.8 Å². The topological polar surface area (TPSA) is 77.3 Å². The van der Waals surface area contributed by atoms with Crippen LogP contribution in [0.5, 0.6) is 0 Å². The second-order valence-electron chi connectivity index (χ2n) is 6.00. The molecule has 2 unspecified atom stereocenters. The van der Waals surface area contributed by atoms with Gasteiger partial charge < -0.3 is 0 Å². The molecule has 0 aliphatic heterocycles. The summed E-state index contributed by atoms with van der Waals surface area (Å²) in [5.74, 6) is -3.30. The second kappa shape index (κ2) is 8.43. The second-order valence-corrected chi connectivity index (χ2v) is 6.82. The number of carbonyl (C=O) groups is 2. The minimum atomic E-state index is -1.36. The molecule has 5 nitrogen and oxygen atoms in total. The maximum absolute atomic E-state index is 12.3.